The number of H-pyrrole nitrogens is 1. The van der Waals surface area contributed by atoms with E-state index in [1.165, 1.54) is 22.3 Å². The van der Waals surface area contributed by atoms with Gasteiger partial charge in [0.15, 0.2) is 19.8 Å². The third-order valence-corrected chi connectivity index (χ3v) is 17.6. The summed E-state index contributed by atoms with van der Waals surface area (Å²) in [5.74, 6) is 1.11. The van der Waals surface area contributed by atoms with Crippen LogP contribution in [0.4, 0.5) is 5.69 Å². The molecule has 0 saturated carbocycles. The first-order valence-corrected chi connectivity index (χ1v) is 28.3. The molecular formula is C55H85N5O10Si. The Bertz CT molecular complexity index is 2180. The van der Waals surface area contributed by atoms with Gasteiger partial charge in [0, 0.05) is 52.5 Å². The summed E-state index contributed by atoms with van der Waals surface area (Å²) in [5, 5.41) is 9.94. The first kappa shape index (κ1) is 59.2. The highest BCUT2D eigenvalue weighted by Gasteiger charge is 2.29. The Morgan fingerprint density at radius 3 is 1.77 bits per heavy atom. The lowest BCUT2D eigenvalue weighted by atomic mass is 9.96. The van der Waals surface area contributed by atoms with Crippen molar-refractivity contribution in [1.29, 1.82) is 0 Å². The number of nitrogens with one attached hydrogen (secondary N) is 1. The van der Waals surface area contributed by atoms with Gasteiger partial charge in [-0.15, -0.1) is 0 Å². The fraction of sp³-hybridized carbons (Fsp3) is 0.600. The highest BCUT2D eigenvalue weighted by atomic mass is 28.4. The zero-order valence-electron chi connectivity index (χ0n) is 44.7. The van der Waals surface area contributed by atoms with E-state index in [4.69, 9.17) is 57.3 Å². The van der Waals surface area contributed by atoms with Crippen molar-refractivity contribution in [2.75, 3.05) is 114 Å². The van der Waals surface area contributed by atoms with Crippen LogP contribution in [0.15, 0.2) is 77.9 Å². The van der Waals surface area contributed by atoms with Gasteiger partial charge in [0.1, 0.15) is 13.2 Å². The van der Waals surface area contributed by atoms with E-state index in [1.807, 2.05) is 31.5 Å². The highest BCUT2D eigenvalue weighted by Crippen LogP contribution is 2.37. The Balaban J connectivity index is 1.60. The molecule has 0 saturated heterocycles. The lowest BCUT2D eigenvalue weighted by Crippen LogP contribution is -2.36. The van der Waals surface area contributed by atoms with Crippen molar-refractivity contribution in [1.82, 2.24) is 4.98 Å². The van der Waals surface area contributed by atoms with E-state index in [-0.39, 0.29) is 6.61 Å². The molecule has 2 aliphatic heterocycles. The molecule has 0 fully saturated rings. The molecule has 0 atom stereocenters. The molecule has 0 spiro atoms. The van der Waals surface area contributed by atoms with Crippen LogP contribution >= 0.6 is 0 Å². The molecule has 2 aliphatic rings. The summed E-state index contributed by atoms with van der Waals surface area (Å²) in [6.07, 6.45) is 12.9. The predicted octanol–water partition coefficient (Wildman–Crippen LogP) is 10.2. The monoisotopic (exact) mass is 1000 g/mol. The smallest absolute Gasteiger partial charge is 0.191 e. The molecular weight excluding hydrogens is 919 g/mol. The standard InChI is InChI=1S/C55H85N5O10Si/c1-11-44-45(12-2)49(38-51-47(41(6)52(59-51)39-56-8)19-17-23-70-71(13-3,14-4)15-5)58-48(44)37-50-46(18-16-22-61)42(7)53(60-50)40-57-43-20-21-54(68-34-32-66-30-28-64-26-24-62-9)55(36-43)69-35-33-67-31-29-65-27-25-63-10/h20-21,36-40,59,61H,11-19,22-35H2,1-10H3/b49-38?,50-37-,56-39?,57-40?. The van der Waals surface area contributed by atoms with E-state index in [1.54, 1.807) is 20.4 Å². The lowest BCUT2D eigenvalue weighted by molar-refractivity contribution is 0.0160. The summed E-state index contributed by atoms with van der Waals surface area (Å²) in [7, 11) is 3.44. The van der Waals surface area contributed by atoms with E-state index in [0.717, 1.165) is 95.8 Å². The van der Waals surface area contributed by atoms with Gasteiger partial charge in [-0.2, -0.15) is 0 Å². The maximum atomic E-state index is 9.94. The number of benzene rings is 1. The van der Waals surface area contributed by atoms with Crippen LogP contribution in [0.25, 0.3) is 6.08 Å². The number of rotatable bonds is 38. The zero-order valence-corrected chi connectivity index (χ0v) is 45.7. The Labute approximate surface area is 425 Å². The molecule has 1 aromatic heterocycles. The SMILES string of the molecule is CCC1=C(CC)C(/C=C2\N=C(C=Nc3ccc(OCCOCCOCCOC)c(OCCOCCOCCOC)c3)C(C)=C2CCCO)=NC1=Cc1[nH]c(C=NC)c(C)c1CCCO[Si](CC)(CC)CC. The molecule has 394 valence electrons. The Morgan fingerprint density at radius 2 is 1.20 bits per heavy atom. The van der Waals surface area contributed by atoms with Gasteiger partial charge < -0.3 is 52.4 Å². The number of methoxy groups -OCH3 is 2. The number of ether oxygens (including phenoxy) is 8. The summed E-state index contributed by atoms with van der Waals surface area (Å²) >= 11 is 0. The topological polar surface area (TPSA) is 169 Å². The second kappa shape index (κ2) is 33.4. The first-order chi connectivity index (χ1) is 34.7. The molecule has 0 radical (unpaired) electrons. The normalized spacial score (nSPS) is 15.5. The summed E-state index contributed by atoms with van der Waals surface area (Å²) < 4.78 is 51.4. The number of allylic oxidation sites excluding steroid dienone is 5. The number of aliphatic imine (C=N–C) groups is 4. The molecule has 15 nitrogen and oxygen atoms in total. The Morgan fingerprint density at radius 1 is 0.620 bits per heavy atom. The molecule has 16 heteroatoms. The summed E-state index contributed by atoms with van der Waals surface area (Å²) in [6, 6.07) is 9.05. The molecule has 2 N–H and O–H groups in total. The molecule has 0 bridgehead atoms. The Kier molecular flexibility index (Phi) is 27.8. The van der Waals surface area contributed by atoms with E-state index in [2.05, 4.69) is 70.6 Å². The number of nitrogens with zero attached hydrogens (tertiary/aromatic N) is 4. The van der Waals surface area contributed by atoms with Gasteiger partial charge in [0.05, 0.1) is 106 Å². The van der Waals surface area contributed by atoms with Crippen LogP contribution in [0.5, 0.6) is 11.5 Å². The van der Waals surface area contributed by atoms with E-state index >= 15 is 0 Å². The van der Waals surface area contributed by atoms with Crippen LogP contribution in [0.1, 0.15) is 96.2 Å². The molecule has 0 aliphatic carbocycles. The van der Waals surface area contributed by atoms with Gasteiger partial charge in [0.25, 0.3) is 0 Å². The van der Waals surface area contributed by atoms with Crippen molar-refractivity contribution in [3.05, 3.63) is 80.5 Å². The lowest BCUT2D eigenvalue weighted by Gasteiger charge is -2.28. The average Bonchev–Trinajstić information content (AvgIpc) is 3.98. The van der Waals surface area contributed by atoms with Gasteiger partial charge in [-0.25, -0.2) is 9.98 Å². The molecule has 1 aromatic carbocycles. The summed E-state index contributed by atoms with van der Waals surface area (Å²) in [5.41, 5.74) is 13.3. The number of aliphatic hydroxyl groups excluding tert-OH is 1. The van der Waals surface area contributed by atoms with E-state index < -0.39 is 8.32 Å². The van der Waals surface area contributed by atoms with Crippen molar-refractivity contribution in [3.8, 4) is 11.5 Å². The third kappa shape index (κ3) is 18.6. The van der Waals surface area contributed by atoms with Gasteiger partial charge in [-0.3, -0.25) is 9.98 Å². The molecule has 4 rings (SSSR count). The fourth-order valence-electron chi connectivity index (χ4n) is 8.58. The zero-order chi connectivity index (χ0) is 51.3. The minimum absolute atomic E-state index is 0.0780. The van der Waals surface area contributed by atoms with Crippen LogP contribution in [0.2, 0.25) is 18.1 Å². The second-order valence-electron chi connectivity index (χ2n) is 17.3. The predicted molar refractivity (Wildman–Crippen MR) is 291 cm³/mol. The van der Waals surface area contributed by atoms with Crippen LogP contribution in [-0.2, 0) is 39.3 Å². The molecule has 71 heavy (non-hydrogen) atoms. The average molecular weight is 1000 g/mol. The number of aromatic nitrogens is 1. The number of hydrogen-bond acceptors (Lipinski definition) is 14. The summed E-state index contributed by atoms with van der Waals surface area (Å²) in [4.78, 5) is 23.4. The number of aromatic amines is 1. The van der Waals surface area contributed by atoms with Gasteiger partial charge in [0.2, 0.25) is 0 Å². The largest absolute Gasteiger partial charge is 0.487 e. The quantitative estimate of drug-likeness (QED) is 0.0375. The van der Waals surface area contributed by atoms with Crippen molar-refractivity contribution >= 4 is 43.9 Å². The number of hydrogen-bond donors (Lipinski definition) is 2. The molecule has 3 heterocycles. The maximum absolute atomic E-state index is 9.94. The van der Waals surface area contributed by atoms with Crippen LogP contribution in [0, 0.1) is 6.92 Å². The molecule has 0 unspecified atom stereocenters. The highest BCUT2D eigenvalue weighted by molar-refractivity contribution is 6.73. The van der Waals surface area contributed by atoms with E-state index in [9.17, 15) is 5.11 Å². The number of aliphatic hydroxyl groups is 1. The van der Waals surface area contributed by atoms with Gasteiger partial charge in [-0.1, -0.05) is 34.6 Å². The van der Waals surface area contributed by atoms with Crippen LogP contribution in [0.3, 0.4) is 0 Å². The van der Waals surface area contributed by atoms with Crippen molar-refractivity contribution in [2.24, 2.45) is 20.0 Å². The fourth-order valence-corrected chi connectivity index (χ4v) is 11.3. The van der Waals surface area contributed by atoms with Crippen molar-refractivity contribution in [2.45, 2.75) is 105 Å². The van der Waals surface area contributed by atoms with Crippen LogP contribution in [-0.4, -0.2) is 156 Å². The second-order valence-corrected chi connectivity index (χ2v) is 22.1. The third-order valence-electron chi connectivity index (χ3n) is 12.9. The van der Waals surface area contributed by atoms with Crippen LogP contribution < -0.4 is 9.47 Å². The van der Waals surface area contributed by atoms with Crippen molar-refractivity contribution < 1.29 is 47.4 Å². The molecule has 2 aromatic rings. The van der Waals surface area contributed by atoms with Crippen molar-refractivity contribution in [3.63, 3.8) is 0 Å². The minimum atomic E-state index is -1.66. The minimum Gasteiger partial charge on any atom is -0.487 e. The first-order valence-electron chi connectivity index (χ1n) is 25.8. The molecule has 0 amide bonds. The van der Waals surface area contributed by atoms with Gasteiger partial charge >= 0.3 is 0 Å². The maximum Gasteiger partial charge on any atom is 0.191 e. The van der Waals surface area contributed by atoms with Gasteiger partial charge in [-0.05, 0) is 128 Å². The Hall–Kier alpha value is -4.36. The van der Waals surface area contributed by atoms with E-state index in [0.29, 0.717) is 109 Å². The summed E-state index contributed by atoms with van der Waals surface area (Å²) in [6.45, 7) is 21.7.